The minimum Gasteiger partial charge on any atom is -0.313 e. The Labute approximate surface area is 132 Å². The lowest BCUT2D eigenvalue weighted by molar-refractivity contribution is 0.227. The van der Waals surface area contributed by atoms with Gasteiger partial charge in [0.05, 0.1) is 0 Å². The van der Waals surface area contributed by atoms with Gasteiger partial charge in [0.15, 0.2) is 0 Å². The summed E-state index contributed by atoms with van der Waals surface area (Å²) in [5.74, 6) is 0.829. The Bertz CT molecular complexity index is 363. The average Bonchev–Trinajstić information content (AvgIpc) is 2.55. The third-order valence-electron chi connectivity index (χ3n) is 5.45. The molecule has 1 aromatic carbocycles. The van der Waals surface area contributed by atoms with E-state index >= 15 is 0 Å². The van der Waals surface area contributed by atoms with Gasteiger partial charge in [0, 0.05) is 11.5 Å². The zero-order valence-electron chi connectivity index (χ0n) is 14.8. The van der Waals surface area contributed by atoms with Crippen molar-refractivity contribution in [2.24, 2.45) is 5.92 Å². The van der Waals surface area contributed by atoms with Crippen LogP contribution in [0.2, 0.25) is 0 Å². The SMILES string of the molecule is CCNC(CC(CC)CC)C(CC)(CC)c1ccccc1. The van der Waals surface area contributed by atoms with Gasteiger partial charge in [0.25, 0.3) is 0 Å². The van der Waals surface area contributed by atoms with Crippen molar-refractivity contribution in [1.82, 2.24) is 5.32 Å². The Morgan fingerprint density at radius 3 is 1.90 bits per heavy atom. The maximum Gasteiger partial charge on any atom is 0.0166 e. The summed E-state index contributed by atoms with van der Waals surface area (Å²) in [6.45, 7) is 12.7. The molecule has 0 bridgehead atoms. The second kappa shape index (κ2) is 9.25. The Hall–Kier alpha value is -0.820. The van der Waals surface area contributed by atoms with Crippen LogP contribution in [0.25, 0.3) is 0 Å². The van der Waals surface area contributed by atoms with Crippen molar-refractivity contribution >= 4 is 0 Å². The molecular weight excluding hydrogens is 254 g/mol. The van der Waals surface area contributed by atoms with Gasteiger partial charge in [-0.25, -0.2) is 0 Å². The molecule has 1 N–H and O–H groups in total. The largest absolute Gasteiger partial charge is 0.313 e. The summed E-state index contributed by atoms with van der Waals surface area (Å²) in [6, 6.07) is 11.7. The van der Waals surface area contributed by atoms with Crippen LogP contribution < -0.4 is 5.32 Å². The van der Waals surface area contributed by atoms with Gasteiger partial charge >= 0.3 is 0 Å². The Morgan fingerprint density at radius 1 is 0.905 bits per heavy atom. The molecule has 1 atom stereocenters. The lowest BCUT2D eigenvalue weighted by Gasteiger charge is -2.42. The normalized spacial score (nSPS) is 13.6. The quantitative estimate of drug-likeness (QED) is 0.595. The second-order valence-corrected chi connectivity index (χ2v) is 6.26. The first-order valence-electron chi connectivity index (χ1n) is 8.97. The van der Waals surface area contributed by atoms with E-state index in [0.29, 0.717) is 6.04 Å². The van der Waals surface area contributed by atoms with Crippen LogP contribution >= 0.6 is 0 Å². The molecule has 0 radical (unpaired) electrons. The van der Waals surface area contributed by atoms with Crippen LogP contribution in [-0.2, 0) is 5.41 Å². The number of hydrogen-bond acceptors (Lipinski definition) is 1. The number of rotatable bonds is 10. The molecular formula is C20H35N. The van der Waals surface area contributed by atoms with E-state index in [1.54, 1.807) is 0 Å². The van der Waals surface area contributed by atoms with Gasteiger partial charge in [-0.1, -0.05) is 77.8 Å². The minimum absolute atomic E-state index is 0.264. The molecule has 1 aromatic rings. The number of hydrogen-bond donors (Lipinski definition) is 1. The third-order valence-corrected chi connectivity index (χ3v) is 5.45. The second-order valence-electron chi connectivity index (χ2n) is 6.26. The van der Waals surface area contributed by atoms with Crippen LogP contribution in [-0.4, -0.2) is 12.6 Å². The molecule has 1 nitrogen and oxygen atoms in total. The van der Waals surface area contributed by atoms with Gasteiger partial charge in [-0.15, -0.1) is 0 Å². The summed E-state index contributed by atoms with van der Waals surface area (Å²) >= 11 is 0. The molecule has 0 aromatic heterocycles. The van der Waals surface area contributed by atoms with Gasteiger partial charge in [-0.05, 0) is 37.3 Å². The maximum absolute atomic E-state index is 3.82. The number of nitrogens with one attached hydrogen (secondary N) is 1. The van der Waals surface area contributed by atoms with E-state index in [4.69, 9.17) is 0 Å². The van der Waals surface area contributed by atoms with Crippen LogP contribution in [0.3, 0.4) is 0 Å². The van der Waals surface area contributed by atoms with Crippen molar-refractivity contribution in [1.29, 1.82) is 0 Å². The summed E-state index contributed by atoms with van der Waals surface area (Å²) in [7, 11) is 0. The molecule has 0 saturated carbocycles. The van der Waals surface area contributed by atoms with Crippen LogP contribution in [0.4, 0.5) is 0 Å². The van der Waals surface area contributed by atoms with Crippen molar-refractivity contribution < 1.29 is 0 Å². The zero-order valence-corrected chi connectivity index (χ0v) is 14.8. The molecule has 0 aliphatic heterocycles. The molecule has 1 heteroatoms. The van der Waals surface area contributed by atoms with E-state index in [2.05, 4.69) is 70.3 Å². The highest BCUT2D eigenvalue weighted by Gasteiger charge is 2.37. The van der Waals surface area contributed by atoms with Crippen molar-refractivity contribution in [2.75, 3.05) is 6.54 Å². The first-order chi connectivity index (χ1) is 10.2. The first kappa shape index (κ1) is 18.2. The first-order valence-corrected chi connectivity index (χ1v) is 8.97. The molecule has 0 aliphatic carbocycles. The predicted molar refractivity (Wildman–Crippen MR) is 94.9 cm³/mol. The summed E-state index contributed by atoms with van der Waals surface area (Å²) in [6.07, 6.45) is 6.27. The zero-order chi connectivity index (χ0) is 15.7. The van der Waals surface area contributed by atoms with Crippen LogP contribution in [0.1, 0.15) is 72.3 Å². The highest BCUT2D eigenvalue weighted by Crippen LogP contribution is 2.38. The molecule has 0 aliphatic rings. The molecule has 0 saturated heterocycles. The highest BCUT2D eigenvalue weighted by molar-refractivity contribution is 5.27. The monoisotopic (exact) mass is 289 g/mol. The molecule has 1 unspecified atom stereocenters. The minimum atomic E-state index is 0.264. The molecule has 0 amide bonds. The van der Waals surface area contributed by atoms with Crippen molar-refractivity contribution in [3.05, 3.63) is 35.9 Å². The molecule has 120 valence electrons. The van der Waals surface area contributed by atoms with Gasteiger partial charge in [0.2, 0.25) is 0 Å². The van der Waals surface area contributed by atoms with E-state index in [9.17, 15) is 0 Å². The number of likely N-dealkylation sites (N-methyl/N-ethyl adjacent to an activating group) is 1. The topological polar surface area (TPSA) is 12.0 Å². The van der Waals surface area contributed by atoms with Crippen LogP contribution in [0, 0.1) is 5.92 Å². The molecule has 21 heavy (non-hydrogen) atoms. The van der Waals surface area contributed by atoms with E-state index in [-0.39, 0.29) is 5.41 Å². The van der Waals surface area contributed by atoms with Gasteiger partial charge in [-0.3, -0.25) is 0 Å². The fraction of sp³-hybridized carbons (Fsp3) is 0.700. The Balaban J connectivity index is 3.13. The average molecular weight is 290 g/mol. The maximum atomic E-state index is 3.82. The van der Waals surface area contributed by atoms with E-state index < -0.39 is 0 Å². The Morgan fingerprint density at radius 2 is 1.48 bits per heavy atom. The fourth-order valence-corrected chi connectivity index (χ4v) is 3.83. The van der Waals surface area contributed by atoms with Crippen LogP contribution in [0.5, 0.6) is 0 Å². The van der Waals surface area contributed by atoms with Gasteiger partial charge in [-0.2, -0.15) is 0 Å². The van der Waals surface area contributed by atoms with Crippen molar-refractivity contribution in [3.8, 4) is 0 Å². The number of benzene rings is 1. The smallest absolute Gasteiger partial charge is 0.0166 e. The summed E-state index contributed by atoms with van der Waals surface area (Å²) in [4.78, 5) is 0. The summed E-state index contributed by atoms with van der Waals surface area (Å²) < 4.78 is 0. The molecule has 0 fully saturated rings. The summed E-state index contributed by atoms with van der Waals surface area (Å²) in [5.41, 5.74) is 1.77. The molecule has 0 heterocycles. The Kier molecular flexibility index (Phi) is 8.03. The third kappa shape index (κ3) is 4.32. The standard InChI is InChI=1S/C20H35N/c1-6-17(7-2)16-19(21-10-5)20(8-3,9-4)18-14-12-11-13-15-18/h11-15,17,19,21H,6-10,16H2,1-5H3. The highest BCUT2D eigenvalue weighted by atomic mass is 14.9. The lowest BCUT2D eigenvalue weighted by Crippen LogP contribution is -2.49. The van der Waals surface area contributed by atoms with Crippen molar-refractivity contribution in [3.63, 3.8) is 0 Å². The van der Waals surface area contributed by atoms with E-state index in [0.717, 1.165) is 12.5 Å². The van der Waals surface area contributed by atoms with Gasteiger partial charge in [0.1, 0.15) is 0 Å². The van der Waals surface area contributed by atoms with Crippen molar-refractivity contribution in [2.45, 2.75) is 78.2 Å². The lowest BCUT2D eigenvalue weighted by atomic mass is 9.67. The summed E-state index contributed by atoms with van der Waals surface area (Å²) in [5, 5.41) is 3.82. The van der Waals surface area contributed by atoms with Crippen LogP contribution in [0.15, 0.2) is 30.3 Å². The molecule has 1 rings (SSSR count). The van der Waals surface area contributed by atoms with Gasteiger partial charge < -0.3 is 5.32 Å². The van der Waals surface area contributed by atoms with E-state index in [1.807, 2.05) is 0 Å². The molecule has 0 spiro atoms. The predicted octanol–water partition coefficient (Wildman–Crippen LogP) is 5.55. The van der Waals surface area contributed by atoms with E-state index in [1.165, 1.54) is 37.7 Å². The fourth-order valence-electron chi connectivity index (χ4n) is 3.83.